The summed E-state index contributed by atoms with van der Waals surface area (Å²) in [5, 5.41) is 7.43. The number of carbonyl (C=O) groups is 1. The van der Waals surface area contributed by atoms with Crippen molar-refractivity contribution in [2.75, 3.05) is 25.0 Å². The van der Waals surface area contributed by atoms with Crippen LogP contribution in [0.3, 0.4) is 0 Å². The number of nitrogens with zero attached hydrogens (tertiary/aromatic N) is 4. The topological polar surface area (TPSA) is 62.5 Å². The van der Waals surface area contributed by atoms with E-state index in [1.165, 1.54) is 6.33 Å². The van der Waals surface area contributed by atoms with E-state index in [9.17, 15) is 4.79 Å². The number of aryl methyl sites for hydroxylation is 1. The van der Waals surface area contributed by atoms with Crippen LogP contribution in [0.5, 0.6) is 0 Å². The van der Waals surface area contributed by atoms with Gasteiger partial charge in [-0.3, -0.25) is 4.79 Å². The molecule has 108 valence electrons. The van der Waals surface area contributed by atoms with Crippen molar-refractivity contribution in [3.63, 3.8) is 0 Å². The molecule has 2 aromatic heterocycles. The fraction of sp³-hybridized carbons (Fsp3) is 0.500. The quantitative estimate of drug-likeness (QED) is 0.871. The first-order valence-electron chi connectivity index (χ1n) is 6.97. The molecule has 2 aromatic rings. The summed E-state index contributed by atoms with van der Waals surface area (Å²) in [5.41, 5.74) is 1.92. The van der Waals surface area contributed by atoms with E-state index < -0.39 is 0 Å². The lowest BCUT2D eigenvalue weighted by molar-refractivity contribution is -0.130. The fourth-order valence-corrected chi connectivity index (χ4v) is 2.21. The molecule has 0 saturated heterocycles. The van der Waals surface area contributed by atoms with Gasteiger partial charge in [0.15, 0.2) is 5.65 Å². The summed E-state index contributed by atoms with van der Waals surface area (Å²) in [7, 11) is 0. The van der Waals surface area contributed by atoms with Gasteiger partial charge in [-0.05, 0) is 38.5 Å². The zero-order valence-corrected chi connectivity index (χ0v) is 12.3. The van der Waals surface area contributed by atoms with Crippen molar-refractivity contribution in [2.24, 2.45) is 0 Å². The monoisotopic (exact) mass is 275 g/mol. The number of fused-ring (bicyclic) bond motifs is 1. The van der Waals surface area contributed by atoms with Gasteiger partial charge in [-0.25, -0.2) is 4.98 Å². The number of hydrogen-bond acceptors (Lipinski definition) is 4. The van der Waals surface area contributed by atoms with Crippen LogP contribution in [0.1, 0.15) is 25.8 Å². The predicted octanol–water partition coefficient (Wildman–Crippen LogP) is 1.71. The van der Waals surface area contributed by atoms with Gasteiger partial charge in [-0.2, -0.15) is 9.61 Å². The van der Waals surface area contributed by atoms with Crippen molar-refractivity contribution in [2.45, 2.75) is 27.2 Å². The van der Waals surface area contributed by atoms with Crippen LogP contribution in [-0.4, -0.2) is 45.0 Å². The third-order valence-corrected chi connectivity index (χ3v) is 3.28. The second kappa shape index (κ2) is 6.36. The molecular weight excluding hydrogens is 254 g/mol. The maximum Gasteiger partial charge on any atom is 0.224 e. The number of aromatic nitrogens is 3. The van der Waals surface area contributed by atoms with Crippen molar-refractivity contribution in [1.82, 2.24) is 19.5 Å². The van der Waals surface area contributed by atoms with Crippen LogP contribution < -0.4 is 5.32 Å². The second-order valence-corrected chi connectivity index (χ2v) is 4.69. The molecule has 2 rings (SSSR count). The lowest BCUT2D eigenvalue weighted by atomic mass is 10.3. The Hall–Kier alpha value is -2.11. The highest BCUT2D eigenvalue weighted by atomic mass is 16.2. The predicted molar refractivity (Wildman–Crippen MR) is 78.8 cm³/mol. The number of hydrogen-bond donors (Lipinski definition) is 1. The Kier molecular flexibility index (Phi) is 4.55. The summed E-state index contributed by atoms with van der Waals surface area (Å²) < 4.78 is 1.74. The molecule has 0 radical (unpaired) electrons. The molecule has 0 saturated carbocycles. The Morgan fingerprint density at radius 2 is 2.10 bits per heavy atom. The first kappa shape index (κ1) is 14.3. The van der Waals surface area contributed by atoms with Crippen molar-refractivity contribution in [1.29, 1.82) is 0 Å². The van der Waals surface area contributed by atoms with Crippen molar-refractivity contribution < 1.29 is 4.79 Å². The Morgan fingerprint density at radius 1 is 1.35 bits per heavy atom. The number of amides is 1. The largest absolute Gasteiger partial charge is 0.369 e. The molecule has 0 fully saturated rings. The third kappa shape index (κ3) is 3.07. The summed E-state index contributed by atoms with van der Waals surface area (Å²) in [6, 6.07) is 3.97. The molecule has 0 unspecified atom stereocenters. The van der Waals surface area contributed by atoms with Gasteiger partial charge >= 0.3 is 0 Å². The molecule has 0 aliphatic heterocycles. The molecule has 0 aliphatic rings. The second-order valence-electron chi connectivity index (χ2n) is 4.69. The normalized spacial score (nSPS) is 10.8. The molecule has 6 heteroatoms. The van der Waals surface area contributed by atoms with Gasteiger partial charge in [0, 0.05) is 26.1 Å². The van der Waals surface area contributed by atoms with Gasteiger partial charge < -0.3 is 10.2 Å². The molecule has 0 aromatic carbocycles. The Bertz CT molecular complexity index is 588. The first-order valence-corrected chi connectivity index (χ1v) is 6.97. The third-order valence-electron chi connectivity index (χ3n) is 3.28. The van der Waals surface area contributed by atoms with Crippen LogP contribution in [0.4, 0.5) is 5.82 Å². The zero-order valence-electron chi connectivity index (χ0n) is 12.3. The van der Waals surface area contributed by atoms with Gasteiger partial charge in [0.05, 0.1) is 0 Å². The van der Waals surface area contributed by atoms with Crippen LogP contribution in [0.25, 0.3) is 5.65 Å². The lowest BCUT2D eigenvalue weighted by Crippen LogP contribution is -2.31. The molecule has 6 nitrogen and oxygen atoms in total. The van der Waals surface area contributed by atoms with E-state index in [0.29, 0.717) is 13.0 Å². The summed E-state index contributed by atoms with van der Waals surface area (Å²) in [5.74, 6) is 1.04. The van der Waals surface area contributed by atoms with Gasteiger partial charge in [0.2, 0.25) is 5.91 Å². The summed E-state index contributed by atoms with van der Waals surface area (Å²) >= 11 is 0. The van der Waals surface area contributed by atoms with E-state index in [0.717, 1.165) is 30.1 Å². The highest BCUT2D eigenvalue weighted by Gasteiger charge is 2.09. The maximum absolute atomic E-state index is 11.9. The minimum atomic E-state index is 0.171. The average molecular weight is 275 g/mol. The molecule has 0 spiro atoms. The average Bonchev–Trinajstić information content (AvgIpc) is 2.88. The van der Waals surface area contributed by atoms with Crippen LogP contribution >= 0.6 is 0 Å². The molecular formula is C14H21N5O. The number of rotatable bonds is 6. The van der Waals surface area contributed by atoms with Crippen molar-refractivity contribution in [3.8, 4) is 0 Å². The van der Waals surface area contributed by atoms with Gasteiger partial charge in [-0.15, -0.1) is 0 Å². The number of pyridine rings is 1. The van der Waals surface area contributed by atoms with Crippen LogP contribution in [0, 0.1) is 6.92 Å². The molecule has 0 bridgehead atoms. The number of nitrogens with one attached hydrogen (secondary N) is 1. The maximum atomic E-state index is 11.9. The van der Waals surface area contributed by atoms with E-state index in [-0.39, 0.29) is 5.91 Å². The number of carbonyl (C=O) groups excluding carboxylic acids is 1. The molecule has 20 heavy (non-hydrogen) atoms. The van der Waals surface area contributed by atoms with Gasteiger partial charge in [0.1, 0.15) is 12.1 Å². The van der Waals surface area contributed by atoms with Crippen molar-refractivity contribution >= 4 is 17.4 Å². The summed E-state index contributed by atoms with van der Waals surface area (Å²) in [6.45, 7) is 8.11. The summed E-state index contributed by atoms with van der Waals surface area (Å²) in [6.07, 6.45) is 2.01. The van der Waals surface area contributed by atoms with Crippen LogP contribution in [0.2, 0.25) is 0 Å². The van der Waals surface area contributed by atoms with E-state index in [2.05, 4.69) is 15.4 Å². The highest BCUT2D eigenvalue weighted by Crippen LogP contribution is 2.13. The van der Waals surface area contributed by atoms with E-state index in [4.69, 9.17) is 0 Å². The Morgan fingerprint density at radius 3 is 2.80 bits per heavy atom. The Balaban J connectivity index is 1.99. The zero-order chi connectivity index (χ0) is 14.5. The lowest BCUT2D eigenvalue weighted by Gasteiger charge is -2.18. The van der Waals surface area contributed by atoms with E-state index >= 15 is 0 Å². The molecule has 0 aliphatic carbocycles. The van der Waals surface area contributed by atoms with E-state index in [1.807, 2.05) is 37.8 Å². The first-order chi connectivity index (χ1) is 9.65. The van der Waals surface area contributed by atoms with Crippen LogP contribution in [-0.2, 0) is 4.79 Å². The summed E-state index contributed by atoms with van der Waals surface area (Å²) in [4.78, 5) is 17.9. The van der Waals surface area contributed by atoms with Gasteiger partial charge in [0.25, 0.3) is 0 Å². The minimum absolute atomic E-state index is 0.171. The van der Waals surface area contributed by atoms with Gasteiger partial charge in [-0.1, -0.05) is 0 Å². The number of anilines is 1. The SMILES string of the molecule is CCN(CC)C(=O)CCNc1cc(C)cc2ncnn12. The minimum Gasteiger partial charge on any atom is -0.369 e. The van der Waals surface area contributed by atoms with E-state index in [1.54, 1.807) is 4.52 Å². The molecule has 2 heterocycles. The highest BCUT2D eigenvalue weighted by molar-refractivity contribution is 5.76. The molecule has 1 N–H and O–H groups in total. The van der Waals surface area contributed by atoms with Crippen molar-refractivity contribution in [3.05, 3.63) is 24.0 Å². The molecule has 0 atom stereocenters. The Labute approximate surface area is 118 Å². The fourth-order valence-electron chi connectivity index (χ4n) is 2.21. The smallest absolute Gasteiger partial charge is 0.224 e. The molecule has 1 amide bonds. The van der Waals surface area contributed by atoms with Crippen LogP contribution in [0.15, 0.2) is 18.5 Å². The standard InChI is InChI=1S/C14H21N5O/c1-4-18(5-2)14(20)6-7-15-12-8-11(3)9-13-16-10-17-19(12)13/h8-10,15H,4-7H2,1-3H3.